The molecule has 0 atom stereocenters. The largest absolute Gasteiger partial charge is 0.462 e. The third-order valence-corrected chi connectivity index (χ3v) is 1.64. The molecule has 0 aliphatic heterocycles. The summed E-state index contributed by atoms with van der Waals surface area (Å²) in [7, 11) is 0. The molecule has 1 heterocycles. The zero-order chi connectivity index (χ0) is 11.4. The summed E-state index contributed by atoms with van der Waals surface area (Å²) in [5.74, 6) is -0.230. The van der Waals surface area contributed by atoms with Gasteiger partial charge < -0.3 is 4.74 Å². The Morgan fingerprint density at radius 1 is 1.13 bits per heavy atom. The van der Waals surface area contributed by atoms with Gasteiger partial charge in [-0.2, -0.15) is 0 Å². The van der Waals surface area contributed by atoms with Crippen LogP contribution in [0.3, 0.4) is 0 Å². The Hall–Kier alpha value is -1.33. The molecule has 2 nitrogen and oxygen atoms in total. The van der Waals surface area contributed by atoms with Crippen LogP contribution in [0.5, 0.6) is 5.88 Å². The average molecular weight is 223 g/mol. The van der Waals surface area contributed by atoms with Crippen LogP contribution in [0.4, 0.5) is 17.6 Å². The van der Waals surface area contributed by atoms with E-state index in [0.717, 1.165) is 5.56 Å². The van der Waals surface area contributed by atoms with Gasteiger partial charge in [0.2, 0.25) is 12.0 Å². The third kappa shape index (κ3) is 3.38. The number of nitrogens with zero attached hydrogens (tertiary/aromatic N) is 1. The minimum absolute atomic E-state index is 0.230. The lowest BCUT2D eigenvalue weighted by Crippen LogP contribution is -2.33. The van der Waals surface area contributed by atoms with Gasteiger partial charge in [-0.1, -0.05) is 6.07 Å². The molecule has 1 aromatic heterocycles. The lowest BCUT2D eigenvalue weighted by Gasteiger charge is -2.16. The summed E-state index contributed by atoms with van der Waals surface area (Å²) in [6, 6.07) is 2.81. The Morgan fingerprint density at radius 3 is 2.13 bits per heavy atom. The smallest absolute Gasteiger partial charge is 0.280 e. The maximum atomic E-state index is 12.1. The number of hydrogen-bond donors (Lipinski definition) is 0. The van der Waals surface area contributed by atoms with Crippen molar-refractivity contribution in [3.05, 3.63) is 23.9 Å². The highest BCUT2D eigenvalue weighted by atomic mass is 19.3. The second-order valence-corrected chi connectivity index (χ2v) is 2.93. The standard InChI is InChI=1S/C9H9F4NO/c1-5-2-3-6(14-4-5)15-7(8(10)11)9(12)13/h2-4,7-9H,1H3. The molecule has 0 saturated carbocycles. The zero-order valence-electron chi connectivity index (χ0n) is 7.83. The summed E-state index contributed by atoms with van der Waals surface area (Å²) >= 11 is 0. The average Bonchev–Trinajstić information content (AvgIpc) is 2.15. The first kappa shape index (κ1) is 11.7. The Morgan fingerprint density at radius 2 is 1.73 bits per heavy atom. The molecule has 0 aliphatic rings. The molecule has 15 heavy (non-hydrogen) atoms. The van der Waals surface area contributed by atoms with Crippen molar-refractivity contribution in [2.24, 2.45) is 0 Å². The van der Waals surface area contributed by atoms with E-state index in [1.165, 1.54) is 18.3 Å². The van der Waals surface area contributed by atoms with E-state index in [-0.39, 0.29) is 5.88 Å². The molecule has 0 unspecified atom stereocenters. The first-order valence-corrected chi connectivity index (χ1v) is 4.16. The van der Waals surface area contributed by atoms with Crippen LogP contribution in [-0.4, -0.2) is 23.9 Å². The van der Waals surface area contributed by atoms with Gasteiger partial charge in [-0.25, -0.2) is 22.5 Å². The molecule has 0 aliphatic carbocycles. The highest BCUT2D eigenvalue weighted by Crippen LogP contribution is 2.18. The molecule has 0 bridgehead atoms. The fourth-order valence-corrected chi connectivity index (χ4v) is 0.876. The summed E-state index contributed by atoms with van der Waals surface area (Å²) < 4.78 is 52.7. The van der Waals surface area contributed by atoms with E-state index in [2.05, 4.69) is 9.72 Å². The minimum Gasteiger partial charge on any atom is -0.462 e. The van der Waals surface area contributed by atoms with E-state index in [1.54, 1.807) is 6.92 Å². The number of halogens is 4. The predicted octanol–water partition coefficient (Wildman–Crippen LogP) is 2.67. The van der Waals surface area contributed by atoms with Crippen LogP contribution in [0.1, 0.15) is 5.56 Å². The number of pyridine rings is 1. The van der Waals surface area contributed by atoms with Gasteiger partial charge in [0, 0.05) is 12.3 Å². The number of ether oxygens (including phenoxy) is 1. The van der Waals surface area contributed by atoms with Crippen LogP contribution >= 0.6 is 0 Å². The van der Waals surface area contributed by atoms with Gasteiger partial charge in [0.15, 0.2) is 0 Å². The molecule has 0 radical (unpaired) electrons. The highest BCUT2D eigenvalue weighted by molar-refractivity contribution is 5.16. The number of hydrogen-bond acceptors (Lipinski definition) is 2. The third-order valence-electron chi connectivity index (χ3n) is 1.64. The molecule has 1 rings (SSSR count). The summed E-state index contributed by atoms with van der Waals surface area (Å²) in [6.07, 6.45) is -7.56. The maximum Gasteiger partial charge on any atom is 0.280 e. The van der Waals surface area contributed by atoms with Gasteiger partial charge in [0.05, 0.1) is 0 Å². The second-order valence-electron chi connectivity index (χ2n) is 2.93. The molecule has 6 heteroatoms. The maximum absolute atomic E-state index is 12.1. The Bertz CT molecular complexity index is 293. The molecule has 0 saturated heterocycles. The van der Waals surface area contributed by atoms with Crippen LogP contribution in [0.25, 0.3) is 0 Å². The Labute approximate surface area is 83.9 Å². The molecule has 0 fully saturated rings. The molecule has 1 aromatic rings. The van der Waals surface area contributed by atoms with E-state index in [4.69, 9.17) is 0 Å². The summed E-state index contributed by atoms with van der Waals surface area (Å²) in [5.41, 5.74) is 0.785. The lowest BCUT2D eigenvalue weighted by atomic mass is 10.3. The minimum atomic E-state index is -3.24. The van der Waals surface area contributed by atoms with Gasteiger partial charge in [0.25, 0.3) is 12.9 Å². The zero-order valence-corrected chi connectivity index (χ0v) is 7.83. The van der Waals surface area contributed by atoms with Crippen LogP contribution in [-0.2, 0) is 0 Å². The quantitative estimate of drug-likeness (QED) is 0.732. The van der Waals surface area contributed by atoms with E-state index in [9.17, 15) is 17.6 Å². The fraction of sp³-hybridized carbons (Fsp3) is 0.444. The first-order chi connectivity index (χ1) is 7.00. The Balaban J connectivity index is 2.70. The lowest BCUT2D eigenvalue weighted by molar-refractivity contribution is -0.0781. The normalized spacial score (nSPS) is 11.5. The van der Waals surface area contributed by atoms with Crippen molar-refractivity contribution in [3.8, 4) is 5.88 Å². The molecule has 0 amide bonds. The summed E-state index contributed by atoms with van der Waals surface area (Å²) in [4.78, 5) is 3.59. The van der Waals surface area contributed by atoms with Crippen molar-refractivity contribution < 1.29 is 22.3 Å². The van der Waals surface area contributed by atoms with E-state index >= 15 is 0 Å². The van der Waals surface area contributed by atoms with Gasteiger partial charge >= 0.3 is 0 Å². The van der Waals surface area contributed by atoms with Crippen molar-refractivity contribution >= 4 is 0 Å². The molecule has 84 valence electrons. The monoisotopic (exact) mass is 223 g/mol. The van der Waals surface area contributed by atoms with Crippen LogP contribution < -0.4 is 4.74 Å². The van der Waals surface area contributed by atoms with Gasteiger partial charge in [-0.15, -0.1) is 0 Å². The molecule has 0 spiro atoms. The van der Waals surface area contributed by atoms with Crippen LogP contribution in [0.15, 0.2) is 18.3 Å². The fourth-order valence-electron chi connectivity index (χ4n) is 0.876. The van der Waals surface area contributed by atoms with E-state index in [0.29, 0.717) is 0 Å². The van der Waals surface area contributed by atoms with Crippen molar-refractivity contribution in [1.29, 1.82) is 0 Å². The number of aryl methyl sites for hydroxylation is 1. The highest BCUT2D eigenvalue weighted by Gasteiger charge is 2.32. The predicted molar refractivity (Wildman–Crippen MR) is 45.4 cm³/mol. The van der Waals surface area contributed by atoms with E-state index < -0.39 is 19.0 Å². The molecular weight excluding hydrogens is 214 g/mol. The van der Waals surface area contributed by atoms with Gasteiger partial charge in [0.1, 0.15) is 0 Å². The van der Waals surface area contributed by atoms with Crippen LogP contribution in [0.2, 0.25) is 0 Å². The number of aromatic nitrogens is 1. The first-order valence-electron chi connectivity index (χ1n) is 4.16. The van der Waals surface area contributed by atoms with Crippen molar-refractivity contribution in [2.45, 2.75) is 25.9 Å². The second kappa shape index (κ2) is 4.95. The number of rotatable bonds is 4. The van der Waals surface area contributed by atoms with E-state index in [1.807, 2.05) is 0 Å². The molecule has 0 N–H and O–H groups in total. The van der Waals surface area contributed by atoms with Crippen LogP contribution in [0, 0.1) is 6.92 Å². The van der Waals surface area contributed by atoms with Crippen molar-refractivity contribution in [1.82, 2.24) is 4.98 Å². The van der Waals surface area contributed by atoms with Gasteiger partial charge in [-0.3, -0.25) is 0 Å². The summed E-state index contributed by atoms with van der Waals surface area (Å²) in [5, 5.41) is 0. The van der Waals surface area contributed by atoms with Gasteiger partial charge in [-0.05, 0) is 12.5 Å². The topological polar surface area (TPSA) is 22.1 Å². The molecule has 0 aromatic carbocycles. The Kier molecular flexibility index (Phi) is 3.88. The SMILES string of the molecule is Cc1ccc(OC(C(F)F)C(F)F)nc1. The van der Waals surface area contributed by atoms with Crippen molar-refractivity contribution in [2.75, 3.05) is 0 Å². The summed E-state index contributed by atoms with van der Waals surface area (Å²) in [6.45, 7) is 1.73. The molecular formula is C9H9F4NO. The number of alkyl halides is 4. The van der Waals surface area contributed by atoms with Crippen molar-refractivity contribution in [3.63, 3.8) is 0 Å².